The number of methoxy groups -OCH3 is 1. The first kappa shape index (κ1) is 23.8. The summed E-state index contributed by atoms with van der Waals surface area (Å²) in [4.78, 5) is 28.7. The van der Waals surface area contributed by atoms with Gasteiger partial charge in [0.15, 0.2) is 0 Å². The fraction of sp³-hybridized carbons (Fsp3) is 0.360. The standard InChI is InChI=1S/C25H30N4O4S/c1-25(2,3)20-13-19(29-11-9-22(30)26-24(29)31)14-21(23(20)33-4)28-10-8-16-12-18(27-34(5)32)7-6-17(16)15-28/h6-7,9,11-14,27H,8,10,15H2,1-5H3,(H,26,30,31). The summed E-state index contributed by atoms with van der Waals surface area (Å²) in [6, 6.07) is 11.3. The van der Waals surface area contributed by atoms with Crippen LogP contribution in [0.5, 0.6) is 5.75 Å². The van der Waals surface area contributed by atoms with Crippen LogP contribution in [0.15, 0.2) is 52.2 Å². The molecule has 0 radical (unpaired) electrons. The van der Waals surface area contributed by atoms with Crippen molar-refractivity contribution in [2.75, 3.05) is 29.5 Å². The van der Waals surface area contributed by atoms with Gasteiger partial charge < -0.3 is 14.4 Å². The predicted molar refractivity (Wildman–Crippen MR) is 137 cm³/mol. The van der Waals surface area contributed by atoms with Gasteiger partial charge in [0.1, 0.15) is 16.7 Å². The van der Waals surface area contributed by atoms with Gasteiger partial charge in [0.25, 0.3) is 5.56 Å². The van der Waals surface area contributed by atoms with Gasteiger partial charge in [-0.3, -0.25) is 14.3 Å². The van der Waals surface area contributed by atoms with Crippen LogP contribution in [0, 0.1) is 0 Å². The minimum Gasteiger partial charge on any atom is -0.494 e. The number of anilines is 2. The zero-order valence-corrected chi connectivity index (χ0v) is 20.9. The van der Waals surface area contributed by atoms with Gasteiger partial charge in [0.05, 0.1) is 18.5 Å². The van der Waals surface area contributed by atoms with Crippen LogP contribution in [-0.4, -0.2) is 33.7 Å². The highest BCUT2D eigenvalue weighted by Crippen LogP contribution is 2.42. The molecule has 0 aliphatic carbocycles. The Bertz CT molecular complexity index is 1370. The van der Waals surface area contributed by atoms with Crippen molar-refractivity contribution in [1.82, 2.24) is 9.55 Å². The second-order valence-electron chi connectivity index (χ2n) is 9.49. The fourth-order valence-electron chi connectivity index (χ4n) is 4.35. The Labute approximate surface area is 201 Å². The van der Waals surface area contributed by atoms with Crippen LogP contribution >= 0.6 is 0 Å². The molecule has 34 heavy (non-hydrogen) atoms. The molecule has 0 saturated heterocycles. The van der Waals surface area contributed by atoms with E-state index in [9.17, 15) is 13.8 Å². The number of fused-ring (bicyclic) bond motifs is 1. The number of nitrogens with one attached hydrogen (secondary N) is 2. The van der Waals surface area contributed by atoms with E-state index in [2.05, 4.69) is 47.5 Å². The Hall–Kier alpha value is -3.33. The smallest absolute Gasteiger partial charge is 0.332 e. The van der Waals surface area contributed by atoms with Crippen molar-refractivity contribution in [3.63, 3.8) is 0 Å². The zero-order valence-electron chi connectivity index (χ0n) is 20.1. The van der Waals surface area contributed by atoms with Gasteiger partial charge in [-0.25, -0.2) is 9.00 Å². The number of aromatic amines is 1. The van der Waals surface area contributed by atoms with Crippen LogP contribution in [-0.2, 0) is 29.4 Å². The van der Waals surface area contributed by atoms with Crippen molar-refractivity contribution >= 4 is 22.4 Å². The molecule has 0 fully saturated rings. The van der Waals surface area contributed by atoms with E-state index in [1.165, 1.54) is 28.0 Å². The van der Waals surface area contributed by atoms with Gasteiger partial charge in [-0.15, -0.1) is 0 Å². The van der Waals surface area contributed by atoms with Crippen LogP contribution in [0.3, 0.4) is 0 Å². The Kier molecular flexibility index (Phi) is 6.40. The van der Waals surface area contributed by atoms with E-state index in [0.29, 0.717) is 12.2 Å². The summed E-state index contributed by atoms with van der Waals surface area (Å²) in [6.45, 7) is 7.74. The molecule has 9 heteroatoms. The molecule has 3 aromatic rings. The van der Waals surface area contributed by atoms with Crippen LogP contribution < -0.4 is 25.6 Å². The van der Waals surface area contributed by atoms with Crippen LogP contribution in [0.1, 0.15) is 37.5 Å². The van der Waals surface area contributed by atoms with Crippen LogP contribution in [0.4, 0.5) is 11.4 Å². The molecular weight excluding hydrogens is 452 g/mol. The van der Waals surface area contributed by atoms with Crippen molar-refractivity contribution in [3.05, 3.63) is 80.1 Å². The molecule has 180 valence electrons. The van der Waals surface area contributed by atoms with E-state index in [-0.39, 0.29) is 5.41 Å². The van der Waals surface area contributed by atoms with E-state index in [1.807, 2.05) is 18.2 Å². The SMILES string of the molecule is COc1c(N2CCc3cc(NS(C)=O)ccc3C2)cc(-n2ccc(=O)[nH]c2=O)cc1C(C)(C)C. The monoisotopic (exact) mass is 482 g/mol. The topological polar surface area (TPSA) is 96.4 Å². The molecule has 0 amide bonds. The minimum atomic E-state index is -1.12. The third-order valence-electron chi connectivity index (χ3n) is 5.99. The second-order valence-corrected chi connectivity index (χ2v) is 10.6. The van der Waals surface area contributed by atoms with Crippen LogP contribution in [0.2, 0.25) is 0 Å². The maximum absolute atomic E-state index is 12.6. The van der Waals surface area contributed by atoms with E-state index in [4.69, 9.17) is 4.74 Å². The fourth-order valence-corrected chi connectivity index (χ4v) is 4.81. The third kappa shape index (κ3) is 4.79. The lowest BCUT2D eigenvalue weighted by Crippen LogP contribution is -2.32. The van der Waals surface area contributed by atoms with Crippen molar-refractivity contribution in [2.24, 2.45) is 0 Å². The first-order valence-electron chi connectivity index (χ1n) is 11.1. The molecule has 1 aliphatic heterocycles. The Morgan fingerprint density at radius 3 is 2.50 bits per heavy atom. The van der Waals surface area contributed by atoms with Crippen LogP contribution in [0.25, 0.3) is 5.69 Å². The van der Waals surface area contributed by atoms with Crippen molar-refractivity contribution in [2.45, 2.75) is 39.2 Å². The Balaban J connectivity index is 1.81. The summed E-state index contributed by atoms with van der Waals surface area (Å²) < 4.78 is 21.8. The zero-order chi connectivity index (χ0) is 24.6. The van der Waals surface area contributed by atoms with E-state index < -0.39 is 22.2 Å². The van der Waals surface area contributed by atoms with E-state index in [1.54, 1.807) is 13.4 Å². The number of benzene rings is 2. The molecule has 1 unspecified atom stereocenters. The highest BCUT2D eigenvalue weighted by molar-refractivity contribution is 7.85. The summed E-state index contributed by atoms with van der Waals surface area (Å²) in [6.07, 6.45) is 3.93. The van der Waals surface area contributed by atoms with E-state index in [0.717, 1.165) is 35.7 Å². The maximum atomic E-state index is 12.6. The third-order valence-corrected chi connectivity index (χ3v) is 6.51. The summed E-state index contributed by atoms with van der Waals surface area (Å²) in [5, 5.41) is 0. The number of hydrogen-bond acceptors (Lipinski definition) is 5. The predicted octanol–water partition coefficient (Wildman–Crippen LogP) is 3.10. The summed E-state index contributed by atoms with van der Waals surface area (Å²) >= 11 is 0. The molecule has 2 N–H and O–H groups in total. The number of H-pyrrole nitrogens is 1. The molecule has 1 atom stereocenters. The first-order chi connectivity index (χ1) is 16.1. The highest BCUT2D eigenvalue weighted by Gasteiger charge is 2.27. The molecular formula is C25H30N4O4S. The lowest BCUT2D eigenvalue weighted by atomic mass is 9.85. The first-order valence-corrected chi connectivity index (χ1v) is 12.6. The normalized spacial score (nSPS) is 14.4. The summed E-state index contributed by atoms with van der Waals surface area (Å²) in [5.74, 6) is 0.775. The number of ether oxygens (including phenoxy) is 1. The molecule has 4 rings (SSSR count). The van der Waals surface area contributed by atoms with Gasteiger partial charge in [0, 0.05) is 42.9 Å². The highest BCUT2D eigenvalue weighted by atomic mass is 32.2. The van der Waals surface area contributed by atoms with Gasteiger partial charge in [-0.2, -0.15) is 0 Å². The average molecular weight is 483 g/mol. The van der Waals surface area contributed by atoms with Crippen molar-refractivity contribution in [3.8, 4) is 11.4 Å². The van der Waals surface area contributed by atoms with Gasteiger partial charge in [-0.05, 0) is 47.2 Å². The van der Waals surface area contributed by atoms with Gasteiger partial charge in [0.2, 0.25) is 0 Å². The van der Waals surface area contributed by atoms with Gasteiger partial charge >= 0.3 is 5.69 Å². The summed E-state index contributed by atoms with van der Waals surface area (Å²) in [5.41, 5.74) is 4.62. The maximum Gasteiger partial charge on any atom is 0.332 e. The minimum absolute atomic E-state index is 0.244. The quantitative estimate of drug-likeness (QED) is 0.583. The molecule has 1 aliphatic rings. The molecule has 0 bridgehead atoms. The molecule has 1 aromatic heterocycles. The second kappa shape index (κ2) is 9.13. The molecule has 8 nitrogen and oxygen atoms in total. The number of aromatic nitrogens is 2. The largest absolute Gasteiger partial charge is 0.494 e. The van der Waals surface area contributed by atoms with Crippen molar-refractivity contribution < 1.29 is 8.95 Å². The molecule has 0 spiro atoms. The Morgan fingerprint density at radius 2 is 1.85 bits per heavy atom. The molecule has 2 heterocycles. The van der Waals surface area contributed by atoms with Gasteiger partial charge in [-0.1, -0.05) is 26.8 Å². The van der Waals surface area contributed by atoms with E-state index >= 15 is 0 Å². The van der Waals surface area contributed by atoms with Crippen molar-refractivity contribution in [1.29, 1.82) is 0 Å². The Morgan fingerprint density at radius 1 is 1.09 bits per heavy atom. The average Bonchev–Trinajstić information content (AvgIpc) is 2.77. The number of nitrogens with zero attached hydrogens (tertiary/aromatic N) is 2. The number of hydrogen-bond donors (Lipinski definition) is 2. The molecule has 0 saturated carbocycles. The number of rotatable bonds is 5. The lowest BCUT2D eigenvalue weighted by molar-refractivity contribution is 0.396. The summed E-state index contributed by atoms with van der Waals surface area (Å²) in [7, 11) is 0.546. The lowest BCUT2D eigenvalue weighted by Gasteiger charge is -2.34. The molecule has 2 aromatic carbocycles.